The lowest BCUT2D eigenvalue weighted by Gasteiger charge is -2.03. The maximum Gasteiger partial charge on any atom is 0.303 e. The fraction of sp³-hybridized carbons (Fsp3) is 0.364. The molecular weight excluding hydrogens is 244 g/mol. The van der Waals surface area contributed by atoms with Gasteiger partial charge in [0.15, 0.2) is 0 Å². The Morgan fingerprint density at radius 2 is 2.29 bits per heavy atom. The lowest BCUT2D eigenvalue weighted by Crippen LogP contribution is -2.07. The molecule has 0 spiro atoms. The summed E-state index contributed by atoms with van der Waals surface area (Å²) in [6.45, 7) is 0. The van der Waals surface area contributed by atoms with Crippen molar-refractivity contribution < 1.29 is 9.90 Å². The third-order valence-electron chi connectivity index (χ3n) is 2.68. The summed E-state index contributed by atoms with van der Waals surface area (Å²) in [6.07, 6.45) is 2.07. The molecule has 0 amide bonds. The second-order valence-electron chi connectivity index (χ2n) is 3.75. The Morgan fingerprint density at radius 1 is 1.50 bits per heavy atom. The van der Waals surface area contributed by atoms with Crippen LogP contribution in [0.25, 0.3) is 0 Å². The van der Waals surface area contributed by atoms with Gasteiger partial charge in [-0.3, -0.25) is 4.79 Å². The van der Waals surface area contributed by atoms with Crippen LogP contribution in [0.2, 0.25) is 0 Å². The quantitative estimate of drug-likeness (QED) is 0.882. The minimum Gasteiger partial charge on any atom is -0.481 e. The molecule has 0 aromatic heterocycles. The summed E-state index contributed by atoms with van der Waals surface area (Å²) in [7, 11) is 0. The summed E-state index contributed by atoms with van der Waals surface area (Å²) in [5.41, 5.74) is 2.59. The highest BCUT2D eigenvalue weighted by Crippen LogP contribution is 2.33. The Balaban J connectivity index is 2.18. The monoisotopic (exact) mass is 254 g/mol. The van der Waals surface area contributed by atoms with E-state index in [4.69, 9.17) is 5.11 Å². The largest absolute Gasteiger partial charge is 0.481 e. The lowest BCUT2D eigenvalue weighted by atomic mass is 10.0. The van der Waals surface area contributed by atoms with Crippen molar-refractivity contribution in [3.05, 3.63) is 33.8 Å². The Kier molecular flexibility index (Phi) is 2.59. The number of aliphatic carboxylic acids is 1. The molecule has 2 rings (SSSR count). The molecule has 3 heteroatoms. The summed E-state index contributed by atoms with van der Waals surface area (Å²) in [6, 6.07) is 6.11. The molecule has 1 aliphatic carbocycles. The van der Waals surface area contributed by atoms with Gasteiger partial charge in [0.05, 0.1) is 0 Å². The van der Waals surface area contributed by atoms with E-state index in [1.54, 1.807) is 0 Å². The first-order valence-electron chi connectivity index (χ1n) is 4.65. The third kappa shape index (κ3) is 1.82. The van der Waals surface area contributed by atoms with Crippen LogP contribution in [0.15, 0.2) is 22.7 Å². The summed E-state index contributed by atoms with van der Waals surface area (Å²) >= 11 is 3.49. The van der Waals surface area contributed by atoms with Crippen molar-refractivity contribution >= 4 is 21.9 Å². The fourth-order valence-electron chi connectivity index (χ4n) is 2.09. The number of halogens is 1. The number of benzene rings is 1. The van der Waals surface area contributed by atoms with E-state index >= 15 is 0 Å². The van der Waals surface area contributed by atoms with Crippen molar-refractivity contribution in [3.63, 3.8) is 0 Å². The van der Waals surface area contributed by atoms with E-state index in [1.165, 1.54) is 11.1 Å². The summed E-state index contributed by atoms with van der Waals surface area (Å²) < 4.78 is 1.11. The van der Waals surface area contributed by atoms with Gasteiger partial charge in [-0.25, -0.2) is 0 Å². The number of hydrogen-bond donors (Lipinski definition) is 1. The molecule has 1 aliphatic rings. The van der Waals surface area contributed by atoms with Crippen molar-refractivity contribution in [3.8, 4) is 0 Å². The molecule has 0 saturated carbocycles. The van der Waals surface area contributed by atoms with Gasteiger partial charge in [-0.1, -0.05) is 28.1 Å². The van der Waals surface area contributed by atoms with Crippen LogP contribution >= 0.6 is 15.9 Å². The second-order valence-corrected chi connectivity index (χ2v) is 4.60. The van der Waals surface area contributed by atoms with Crippen molar-refractivity contribution in [2.45, 2.75) is 19.3 Å². The highest BCUT2D eigenvalue weighted by atomic mass is 79.9. The van der Waals surface area contributed by atoms with Gasteiger partial charge in [-0.05, 0) is 36.0 Å². The smallest absolute Gasteiger partial charge is 0.303 e. The van der Waals surface area contributed by atoms with E-state index in [0.29, 0.717) is 0 Å². The van der Waals surface area contributed by atoms with Crippen LogP contribution in [0.1, 0.15) is 17.5 Å². The topological polar surface area (TPSA) is 37.3 Å². The molecule has 0 fully saturated rings. The van der Waals surface area contributed by atoms with Gasteiger partial charge in [-0.2, -0.15) is 0 Å². The average molecular weight is 255 g/mol. The van der Waals surface area contributed by atoms with Crippen LogP contribution in [-0.2, 0) is 17.6 Å². The van der Waals surface area contributed by atoms with E-state index in [2.05, 4.69) is 22.0 Å². The summed E-state index contributed by atoms with van der Waals surface area (Å²) in [5, 5.41) is 8.71. The van der Waals surface area contributed by atoms with Gasteiger partial charge in [0, 0.05) is 10.9 Å². The number of rotatable bonds is 2. The van der Waals surface area contributed by atoms with E-state index in [0.717, 1.165) is 17.3 Å². The Bertz CT molecular complexity index is 374. The van der Waals surface area contributed by atoms with E-state index in [1.807, 2.05) is 12.1 Å². The van der Waals surface area contributed by atoms with E-state index in [-0.39, 0.29) is 12.3 Å². The standard InChI is InChI=1S/C11H11BrO2/c12-10-3-1-2-8-4-7(5-9(8)10)6-11(13)14/h1-3,7H,4-6H2,(H,13,14)/t7-/m0/s1. The molecule has 0 bridgehead atoms. The zero-order valence-corrected chi connectivity index (χ0v) is 9.25. The number of hydrogen-bond acceptors (Lipinski definition) is 1. The Labute approximate surface area is 91.1 Å². The highest BCUT2D eigenvalue weighted by Gasteiger charge is 2.24. The van der Waals surface area contributed by atoms with E-state index in [9.17, 15) is 4.79 Å². The molecule has 1 aromatic rings. The predicted octanol–water partition coefficient (Wildman–Crippen LogP) is 2.64. The SMILES string of the molecule is O=C(O)C[C@H]1Cc2cccc(Br)c2C1. The lowest BCUT2D eigenvalue weighted by molar-refractivity contribution is -0.138. The molecule has 14 heavy (non-hydrogen) atoms. The molecule has 2 nitrogen and oxygen atoms in total. The van der Waals surface area contributed by atoms with Gasteiger partial charge in [0.1, 0.15) is 0 Å². The molecule has 0 unspecified atom stereocenters. The minimum atomic E-state index is -0.695. The first kappa shape index (κ1) is 9.71. The van der Waals surface area contributed by atoms with Crippen LogP contribution in [0.5, 0.6) is 0 Å². The number of carbonyl (C=O) groups is 1. The fourth-order valence-corrected chi connectivity index (χ4v) is 2.66. The van der Waals surface area contributed by atoms with Gasteiger partial charge < -0.3 is 5.11 Å². The zero-order chi connectivity index (χ0) is 10.1. The van der Waals surface area contributed by atoms with Gasteiger partial charge in [0.25, 0.3) is 0 Å². The van der Waals surface area contributed by atoms with Crippen molar-refractivity contribution in [2.24, 2.45) is 5.92 Å². The number of carboxylic acid groups (broad SMARTS) is 1. The minimum absolute atomic E-state index is 0.279. The Morgan fingerprint density at radius 3 is 2.93 bits per heavy atom. The molecule has 1 aromatic carbocycles. The first-order chi connectivity index (χ1) is 6.66. The normalized spacial score (nSPS) is 19.4. The molecule has 1 N–H and O–H groups in total. The maximum atomic E-state index is 10.6. The third-order valence-corrected chi connectivity index (χ3v) is 3.42. The average Bonchev–Trinajstić information content (AvgIpc) is 2.47. The van der Waals surface area contributed by atoms with Gasteiger partial charge in [-0.15, -0.1) is 0 Å². The zero-order valence-electron chi connectivity index (χ0n) is 7.66. The van der Waals surface area contributed by atoms with Crippen molar-refractivity contribution in [2.75, 3.05) is 0 Å². The highest BCUT2D eigenvalue weighted by molar-refractivity contribution is 9.10. The van der Waals surface area contributed by atoms with Crippen molar-refractivity contribution in [1.29, 1.82) is 0 Å². The van der Waals surface area contributed by atoms with E-state index < -0.39 is 5.97 Å². The van der Waals surface area contributed by atoms with Gasteiger partial charge in [0.2, 0.25) is 0 Å². The predicted molar refractivity (Wildman–Crippen MR) is 57.3 cm³/mol. The van der Waals surface area contributed by atoms with Crippen LogP contribution in [0.3, 0.4) is 0 Å². The van der Waals surface area contributed by atoms with Crippen LogP contribution < -0.4 is 0 Å². The first-order valence-corrected chi connectivity index (χ1v) is 5.44. The summed E-state index contributed by atoms with van der Waals surface area (Å²) in [5.74, 6) is -0.417. The molecule has 1 atom stereocenters. The number of carboxylic acids is 1. The van der Waals surface area contributed by atoms with Crippen molar-refractivity contribution in [1.82, 2.24) is 0 Å². The van der Waals surface area contributed by atoms with Crippen LogP contribution in [0, 0.1) is 5.92 Å². The number of fused-ring (bicyclic) bond motifs is 1. The summed E-state index contributed by atoms with van der Waals surface area (Å²) in [4.78, 5) is 10.6. The maximum absolute atomic E-state index is 10.6. The van der Waals surface area contributed by atoms with Crippen LogP contribution in [-0.4, -0.2) is 11.1 Å². The second kappa shape index (κ2) is 3.73. The Hall–Kier alpha value is -0.830. The molecular formula is C11H11BrO2. The molecule has 0 aliphatic heterocycles. The molecule has 0 radical (unpaired) electrons. The molecule has 0 saturated heterocycles. The molecule has 0 heterocycles. The van der Waals surface area contributed by atoms with Gasteiger partial charge >= 0.3 is 5.97 Å². The van der Waals surface area contributed by atoms with Crippen LogP contribution in [0.4, 0.5) is 0 Å². The molecule has 74 valence electrons.